The summed E-state index contributed by atoms with van der Waals surface area (Å²) in [6.07, 6.45) is 0. The van der Waals surface area contributed by atoms with Crippen molar-refractivity contribution >= 4 is 17.7 Å². The Bertz CT molecular complexity index is 478. The third kappa shape index (κ3) is 6.13. The van der Waals surface area contributed by atoms with E-state index in [1.807, 2.05) is 6.92 Å². The van der Waals surface area contributed by atoms with E-state index in [0.29, 0.717) is 31.1 Å². The summed E-state index contributed by atoms with van der Waals surface area (Å²) in [5.41, 5.74) is 0.541. The second kappa shape index (κ2) is 8.80. The van der Waals surface area contributed by atoms with E-state index in [1.165, 1.54) is 0 Å². The minimum atomic E-state index is -1.05. The normalized spacial score (nSPS) is 10.0. The first-order valence-corrected chi connectivity index (χ1v) is 6.56. The SMILES string of the molecule is CCN(CCOC)C(=O)Nc1cccc(OCC(=O)O)c1. The molecular weight excluding hydrogens is 276 g/mol. The highest BCUT2D eigenvalue weighted by Gasteiger charge is 2.11. The molecule has 0 spiro atoms. The number of aliphatic carboxylic acids is 1. The molecule has 0 heterocycles. The predicted molar refractivity (Wildman–Crippen MR) is 77.7 cm³/mol. The summed E-state index contributed by atoms with van der Waals surface area (Å²) in [4.78, 5) is 24.1. The molecule has 0 fully saturated rings. The van der Waals surface area contributed by atoms with Crippen molar-refractivity contribution in [3.63, 3.8) is 0 Å². The number of anilines is 1. The van der Waals surface area contributed by atoms with Gasteiger partial charge in [0.25, 0.3) is 0 Å². The number of ether oxygens (including phenoxy) is 2. The number of benzene rings is 1. The van der Waals surface area contributed by atoms with E-state index >= 15 is 0 Å². The number of methoxy groups -OCH3 is 1. The van der Waals surface area contributed by atoms with Crippen molar-refractivity contribution in [1.29, 1.82) is 0 Å². The van der Waals surface area contributed by atoms with E-state index in [1.54, 1.807) is 36.3 Å². The summed E-state index contributed by atoms with van der Waals surface area (Å²) in [5.74, 6) is -0.670. The van der Waals surface area contributed by atoms with Crippen molar-refractivity contribution in [2.45, 2.75) is 6.92 Å². The maximum Gasteiger partial charge on any atom is 0.341 e. The topological polar surface area (TPSA) is 88.1 Å². The van der Waals surface area contributed by atoms with Crippen LogP contribution in [-0.4, -0.2) is 55.4 Å². The highest BCUT2D eigenvalue weighted by molar-refractivity contribution is 5.89. The monoisotopic (exact) mass is 296 g/mol. The number of hydrogen-bond acceptors (Lipinski definition) is 4. The fourth-order valence-corrected chi connectivity index (χ4v) is 1.62. The van der Waals surface area contributed by atoms with Crippen LogP contribution in [-0.2, 0) is 9.53 Å². The fraction of sp³-hybridized carbons (Fsp3) is 0.429. The van der Waals surface area contributed by atoms with E-state index in [0.717, 1.165) is 0 Å². The summed E-state index contributed by atoms with van der Waals surface area (Å²) in [5, 5.41) is 11.3. The molecule has 0 unspecified atom stereocenters. The largest absolute Gasteiger partial charge is 0.482 e. The van der Waals surface area contributed by atoms with E-state index in [-0.39, 0.29) is 6.03 Å². The molecule has 0 saturated carbocycles. The van der Waals surface area contributed by atoms with Gasteiger partial charge in [-0.25, -0.2) is 9.59 Å². The molecule has 1 aromatic rings. The van der Waals surface area contributed by atoms with Gasteiger partial charge in [0, 0.05) is 32.0 Å². The first-order valence-electron chi connectivity index (χ1n) is 6.56. The number of hydrogen-bond donors (Lipinski definition) is 2. The van der Waals surface area contributed by atoms with Crippen LogP contribution in [0.15, 0.2) is 24.3 Å². The average Bonchev–Trinajstić information content (AvgIpc) is 2.46. The summed E-state index contributed by atoms with van der Waals surface area (Å²) in [6.45, 7) is 2.97. The number of urea groups is 1. The van der Waals surface area contributed by atoms with E-state index in [9.17, 15) is 9.59 Å². The van der Waals surface area contributed by atoms with Crippen LogP contribution < -0.4 is 10.1 Å². The number of likely N-dealkylation sites (N-methyl/N-ethyl adjacent to an activating group) is 1. The minimum Gasteiger partial charge on any atom is -0.482 e. The van der Waals surface area contributed by atoms with Gasteiger partial charge in [0.05, 0.1) is 6.61 Å². The molecule has 7 nitrogen and oxygen atoms in total. The average molecular weight is 296 g/mol. The van der Waals surface area contributed by atoms with Crippen LogP contribution in [0.2, 0.25) is 0 Å². The second-order valence-corrected chi connectivity index (χ2v) is 4.21. The number of amides is 2. The summed E-state index contributed by atoms with van der Waals surface area (Å²) >= 11 is 0. The lowest BCUT2D eigenvalue weighted by Crippen LogP contribution is -2.37. The van der Waals surface area contributed by atoms with Crippen LogP contribution in [0, 0.1) is 0 Å². The van der Waals surface area contributed by atoms with Crippen LogP contribution in [0.3, 0.4) is 0 Å². The fourth-order valence-electron chi connectivity index (χ4n) is 1.62. The van der Waals surface area contributed by atoms with Crippen LogP contribution in [0.1, 0.15) is 6.92 Å². The Balaban J connectivity index is 2.62. The maximum absolute atomic E-state index is 12.1. The van der Waals surface area contributed by atoms with Crippen LogP contribution in [0.25, 0.3) is 0 Å². The molecule has 1 aromatic carbocycles. The first-order chi connectivity index (χ1) is 10.1. The highest BCUT2D eigenvalue weighted by atomic mass is 16.5. The molecule has 0 radical (unpaired) electrons. The number of carboxylic acid groups (broad SMARTS) is 1. The zero-order valence-corrected chi connectivity index (χ0v) is 12.2. The number of carbonyl (C=O) groups excluding carboxylic acids is 1. The Kier molecular flexibility index (Phi) is 7.03. The summed E-state index contributed by atoms with van der Waals surface area (Å²) in [7, 11) is 1.58. The van der Waals surface area contributed by atoms with Gasteiger partial charge >= 0.3 is 12.0 Å². The molecule has 2 amide bonds. The van der Waals surface area contributed by atoms with Crippen molar-refractivity contribution in [1.82, 2.24) is 4.90 Å². The van der Waals surface area contributed by atoms with Gasteiger partial charge in [-0.05, 0) is 19.1 Å². The molecule has 0 aliphatic carbocycles. The van der Waals surface area contributed by atoms with Crippen molar-refractivity contribution in [3.8, 4) is 5.75 Å². The van der Waals surface area contributed by atoms with Crippen molar-refractivity contribution in [3.05, 3.63) is 24.3 Å². The van der Waals surface area contributed by atoms with Crippen LogP contribution in [0.4, 0.5) is 10.5 Å². The Labute approximate surface area is 123 Å². The first kappa shape index (κ1) is 16.8. The van der Waals surface area contributed by atoms with Crippen LogP contribution in [0.5, 0.6) is 5.75 Å². The molecule has 0 saturated heterocycles. The third-order valence-electron chi connectivity index (χ3n) is 2.68. The Morgan fingerprint density at radius 1 is 1.38 bits per heavy atom. The van der Waals surface area contributed by atoms with Crippen LogP contribution >= 0.6 is 0 Å². The standard InChI is InChI=1S/C14H20N2O5/c1-3-16(7-8-20-2)14(19)15-11-5-4-6-12(9-11)21-10-13(17)18/h4-6,9H,3,7-8,10H2,1-2H3,(H,15,19)(H,17,18). The number of carbonyl (C=O) groups is 2. The lowest BCUT2D eigenvalue weighted by molar-refractivity contribution is -0.139. The predicted octanol–water partition coefficient (Wildman–Crippen LogP) is 1.65. The second-order valence-electron chi connectivity index (χ2n) is 4.21. The highest BCUT2D eigenvalue weighted by Crippen LogP contribution is 2.17. The Hall–Kier alpha value is -2.28. The van der Waals surface area contributed by atoms with Gasteiger partial charge < -0.3 is 24.8 Å². The molecule has 0 aliphatic rings. The van der Waals surface area contributed by atoms with E-state index < -0.39 is 12.6 Å². The molecule has 116 valence electrons. The zero-order valence-electron chi connectivity index (χ0n) is 12.2. The zero-order chi connectivity index (χ0) is 15.7. The molecule has 0 aliphatic heterocycles. The Morgan fingerprint density at radius 2 is 2.14 bits per heavy atom. The number of rotatable bonds is 8. The van der Waals surface area contributed by atoms with Gasteiger partial charge in [-0.3, -0.25) is 0 Å². The molecule has 2 N–H and O–H groups in total. The van der Waals surface area contributed by atoms with Gasteiger partial charge in [-0.15, -0.1) is 0 Å². The smallest absolute Gasteiger partial charge is 0.341 e. The van der Waals surface area contributed by atoms with E-state index in [4.69, 9.17) is 14.6 Å². The summed E-state index contributed by atoms with van der Waals surface area (Å²) in [6, 6.07) is 6.34. The van der Waals surface area contributed by atoms with Gasteiger partial charge in [-0.2, -0.15) is 0 Å². The molecule has 0 bridgehead atoms. The molecule has 0 atom stereocenters. The van der Waals surface area contributed by atoms with Gasteiger partial charge in [0.1, 0.15) is 5.75 Å². The third-order valence-corrected chi connectivity index (χ3v) is 2.68. The summed E-state index contributed by atoms with van der Waals surface area (Å²) < 4.78 is 10.0. The minimum absolute atomic E-state index is 0.245. The van der Waals surface area contributed by atoms with Gasteiger partial charge in [0.2, 0.25) is 0 Å². The molecule has 21 heavy (non-hydrogen) atoms. The lowest BCUT2D eigenvalue weighted by Gasteiger charge is -2.21. The number of nitrogens with zero attached hydrogens (tertiary/aromatic N) is 1. The lowest BCUT2D eigenvalue weighted by atomic mass is 10.3. The molecular formula is C14H20N2O5. The van der Waals surface area contributed by atoms with Crippen molar-refractivity contribution < 1.29 is 24.2 Å². The Morgan fingerprint density at radius 3 is 2.76 bits per heavy atom. The van der Waals surface area contributed by atoms with E-state index in [2.05, 4.69) is 5.32 Å². The maximum atomic E-state index is 12.1. The van der Waals surface area contributed by atoms with Crippen molar-refractivity contribution in [2.24, 2.45) is 0 Å². The van der Waals surface area contributed by atoms with Gasteiger partial charge in [-0.1, -0.05) is 6.07 Å². The number of nitrogens with one attached hydrogen (secondary N) is 1. The molecule has 0 aromatic heterocycles. The number of carboxylic acids is 1. The molecule has 7 heteroatoms. The molecule has 1 rings (SSSR count). The quantitative estimate of drug-likeness (QED) is 0.761. The van der Waals surface area contributed by atoms with Crippen molar-refractivity contribution in [2.75, 3.05) is 38.7 Å². The van der Waals surface area contributed by atoms with Gasteiger partial charge in [0.15, 0.2) is 6.61 Å².